The van der Waals surface area contributed by atoms with Crippen molar-refractivity contribution in [1.29, 1.82) is 0 Å². The van der Waals surface area contributed by atoms with E-state index in [-0.39, 0.29) is 36.5 Å². The molecule has 0 aliphatic carbocycles. The van der Waals surface area contributed by atoms with E-state index >= 15 is 0 Å². The summed E-state index contributed by atoms with van der Waals surface area (Å²) in [6, 6.07) is 21.5. The van der Waals surface area contributed by atoms with E-state index in [1.165, 1.54) is 18.2 Å². The summed E-state index contributed by atoms with van der Waals surface area (Å²) in [5.41, 5.74) is 2.82. The van der Waals surface area contributed by atoms with Crippen molar-refractivity contribution in [1.82, 2.24) is 0 Å². The quantitative estimate of drug-likeness (QED) is 0.332. The van der Waals surface area contributed by atoms with Gasteiger partial charge in [0.2, 0.25) is 12.5 Å². The molecule has 0 unspecified atom stereocenters. The average molecular weight is 448 g/mol. The van der Waals surface area contributed by atoms with E-state index in [4.69, 9.17) is 4.74 Å². The highest BCUT2D eigenvalue weighted by molar-refractivity contribution is 5.94. The number of amides is 1. The van der Waals surface area contributed by atoms with Gasteiger partial charge in [0, 0.05) is 23.5 Å². The SMILES string of the molecule is O=C(CCc1ccc(OCc2ccccc2)cc1)Nc1cc(C(=O)O)ccc1CC[N+](=O)[O-]. The van der Waals surface area contributed by atoms with Gasteiger partial charge < -0.3 is 15.2 Å². The zero-order chi connectivity index (χ0) is 23.6. The lowest BCUT2D eigenvalue weighted by Gasteiger charge is -2.11. The van der Waals surface area contributed by atoms with E-state index in [0.29, 0.717) is 18.6 Å². The molecule has 8 nitrogen and oxygen atoms in total. The first-order chi connectivity index (χ1) is 15.9. The molecular formula is C25H24N2O6. The Hall–Kier alpha value is -4.20. The molecule has 0 aromatic heterocycles. The highest BCUT2D eigenvalue weighted by atomic mass is 16.6. The number of carboxylic acids is 1. The molecule has 3 rings (SSSR count). The Morgan fingerprint density at radius 3 is 2.33 bits per heavy atom. The Labute approximate surface area is 191 Å². The minimum Gasteiger partial charge on any atom is -0.489 e. The molecule has 1 amide bonds. The second kappa shape index (κ2) is 11.4. The maximum Gasteiger partial charge on any atom is 0.335 e. The number of aromatic carboxylic acids is 1. The van der Waals surface area contributed by atoms with Crippen molar-refractivity contribution in [2.24, 2.45) is 0 Å². The summed E-state index contributed by atoms with van der Waals surface area (Å²) in [5.74, 6) is -0.710. The van der Waals surface area contributed by atoms with Gasteiger partial charge in [0.15, 0.2) is 0 Å². The third kappa shape index (κ3) is 7.46. The van der Waals surface area contributed by atoms with Crippen molar-refractivity contribution in [2.75, 3.05) is 11.9 Å². The number of hydrogen-bond donors (Lipinski definition) is 2. The Balaban J connectivity index is 1.55. The molecule has 3 aromatic rings. The molecule has 0 radical (unpaired) electrons. The zero-order valence-corrected chi connectivity index (χ0v) is 17.9. The van der Waals surface area contributed by atoms with Gasteiger partial charge in [0.1, 0.15) is 12.4 Å². The Morgan fingerprint density at radius 1 is 0.939 bits per heavy atom. The van der Waals surface area contributed by atoms with Gasteiger partial charge in [0.25, 0.3) is 0 Å². The lowest BCUT2D eigenvalue weighted by molar-refractivity contribution is -0.479. The maximum atomic E-state index is 12.5. The normalized spacial score (nSPS) is 10.4. The lowest BCUT2D eigenvalue weighted by atomic mass is 10.1. The van der Waals surface area contributed by atoms with Gasteiger partial charge >= 0.3 is 5.97 Å². The molecule has 2 N–H and O–H groups in total. The predicted molar refractivity (Wildman–Crippen MR) is 123 cm³/mol. The number of aryl methyl sites for hydroxylation is 1. The van der Waals surface area contributed by atoms with Crippen LogP contribution < -0.4 is 10.1 Å². The molecule has 0 aliphatic rings. The molecule has 8 heteroatoms. The standard InChI is InChI=1S/C25H24N2O6/c28-24(26-23-16-21(25(29)30)10-9-20(23)14-15-27(31)32)13-8-18-6-11-22(12-7-18)33-17-19-4-2-1-3-5-19/h1-7,9-12,16H,8,13-15,17H2,(H,26,28)(H,29,30). The number of carbonyl (C=O) groups excluding carboxylic acids is 1. The molecule has 0 spiro atoms. The Morgan fingerprint density at radius 2 is 1.67 bits per heavy atom. The minimum absolute atomic E-state index is 0.00115. The summed E-state index contributed by atoms with van der Waals surface area (Å²) in [6.45, 7) is 0.158. The van der Waals surface area contributed by atoms with Gasteiger partial charge in [-0.1, -0.05) is 48.5 Å². The second-order valence-electron chi connectivity index (χ2n) is 7.45. The number of anilines is 1. The first-order valence-corrected chi connectivity index (χ1v) is 10.4. The second-order valence-corrected chi connectivity index (χ2v) is 7.45. The van der Waals surface area contributed by atoms with Crippen LogP contribution >= 0.6 is 0 Å². The number of hydrogen-bond acceptors (Lipinski definition) is 5. The van der Waals surface area contributed by atoms with Crippen molar-refractivity contribution in [3.05, 3.63) is 105 Å². The van der Waals surface area contributed by atoms with Crippen molar-refractivity contribution < 1.29 is 24.4 Å². The van der Waals surface area contributed by atoms with Crippen molar-refractivity contribution in [3.8, 4) is 5.75 Å². The van der Waals surface area contributed by atoms with E-state index in [1.54, 1.807) is 0 Å². The van der Waals surface area contributed by atoms with E-state index in [9.17, 15) is 24.8 Å². The average Bonchev–Trinajstić information content (AvgIpc) is 2.81. The lowest BCUT2D eigenvalue weighted by Crippen LogP contribution is -2.15. The highest BCUT2D eigenvalue weighted by Gasteiger charge is 2.13. The number of nitrogens with one attached hydrogen (secondary N) is 1. The predicted octanol–water partition coefficient (Wildman–Crippen LogP) is 4.35. The molecular weight excluding hydrogens is 424 g/mol. The summed E-state index contributed by atoms with van der Waals surface area (Å²) in [6.07, 6.45) is 0.747. The van der Waals surface area contributed by atoms with Crippen LogP contribution in [-0.2, 0) is 24.2 Å². The number of carbonyl (C=O) groups is 2. The maximum absolute atomic E-state index is 12.5. The molecule has 0 aliphatic heterocycles. The summed E-state index contributed by atoms with van der Waals surface area (Å²) in [7, 11) is 0. The van der Waals surface area contributed by atoms with Gasteiger partial charge in [-0.3, -0.25) is 14.9 Å². The van der Waals surface area contributed by atoms with E-state index in [1.807, 2.05) is 54.6 Å². The van der Waals surface area contributed by atoms with E-state index < -0.39 is 10.9 Å². The molecule has 0 fully saturated rings. The largest absolute Gasteiger partial charge is 0.489 e. The fourth-order valence-corrected chi connectivity index (χ4v) is 3.22. The fourth-order valence-electron chi connectivity index (χ4n) is 3.22. The third-order valence-electron chi connectivity index (χ3n) is 5.01. The van der Waals surface area contributed by atoms with Crippen molar-refractivity contribution >= 4 is 17.6 Å². The van der Waals surface area contributed by atoms with Gasteiger partial charge in [-0.2, -0.15) is 0 Å². The zero-order valence-electron chi connectivity index (χ0n) is 17.9. The summed E-state index contributed by atoms with van der Waals surface area (Å²) >= 11 is 0. The van der Waals surface area contributed by atoms with Crippen molar-refractivity contribution in [2.45, 2.75) is 25.9 Å². The molecule has 0 heterocycles. The van der Waals surface area contributed by atoms with Crippen LogP contribution in [0.4, 0.5) is 5.69 Å². The van der Waals surface area contributed by atoms with Crippen LogP contribution in [0.5, 0.6) is 5.75 Å². The number of rotatable bonds is 11. The summed E-state index contributed by atoms with van der Waals surface area (Å²) < 4.78 is 5.76. The molecule has 0 saturated heterocycles. The molecule has 170 valence electrons. The molecule has 3 aromatic carbocycles. The van der Waals surface area contributed by atoms with Gasteiger partial charge in [-0.25, -0.2) is 4.79 Å². The first kappa shape index (κ1) is 23.5. The monoisotopic (exact) mass is 448 g/mol. The number of nitro groups is 1. The third-order valence-corrected chi connectivity index (χ3v) is 5.01. The topological polar surface area (TPSA) is 119 Å². The molecule has 0 saturated carbocycles. The van der Waals surface area contributed by atoms with Crippen LogP contribution in [0, 0.1) is 10.1 Å². The van der Waals surface area contributed by atoms with Gasteiger partial charge in [-0.15, -0.1) is 0 Å². The van der Waals surface area contributed by atoms with Crippen LogP contribution in [0.1, 0.15) is 33.5 Å². The number of nitrogens with zero attached hydrogens (tertiary/aromatic N) is 1. The van der Waals surface area contributed by atoms with Crippen molar-refractivity contribution in [3.63, 3.8) is 0 Å². The van der Waals surface area contributed by atoms with Crippen LogP contribution in [-0.4, -0.2) is 28.5 Å². The summed E-state index contributed by atoms with van der Waals surface area (Å²) in [5, 5.41) is 22.6. The summed E-state index contributed by atoms with van der Waals surface area (Å²) in [4.78, 5) is 34.0. The molecule has 33 heavy (non-hydrogen) atoms. The van der Waals surface area contributed by atoms with Gasteiger partial charge in [0.05, 0.1) is 5.56 Å². The molecule has 0 atom stereocenters. The van der Waals surface area contributed by atoms with Crippen LogP contribution in [0.2, 0.25) is 0 Å². The minimum atomic E-state index is -1.14. The fraction of sp³-hybridized carbons (Fsp3) is 0.200. The number of carboxylic acid groups (broad SMARTS) is 1. The highest BCUT2D eigenvalue weighted by Crippen LogP contribution is 2.20. The number of benzene rings is 3. The van der Waals surface area contributed by atoms with Crippen LogP contribution in [0.3, 0.4) is 0 Å². The molecule has 0 bridgehead atoms. The smallest absolute Gasteiger partial charge is 0.335 e. The number of ether oxygens (including phenoxy) is 1. The Bertz CT molecular complexity index is 1110. The van der Waals surface area contributed by atoms with E-state index in [2.05, 4.69) is 5.32 Å². The Kier molecular flexibility index (Phi) is 8.13. The first-order valence-electron chi connectivity index (χ1n) is 10.4. The van der Waals surface area contributed by atoms with Gasteiger partial charge in [-0.05, 0) is 47.4 Å². The van der Waals surface area contributed by atoms with E-state index in [0.717, 1.165) is 16.9 Å². The van der Waals surface area contributed by atoms with Crippen LogP contribution in [0.25, 0.3) is 0 Å². The van der Waals surface area contributed by atoms with Crippen LogP contribution in [0.15, 0.2) is 72.8 Å².